The van der Waals surface area contributed by atoms with Crippen LogP contribution >= 0.6 is 11.6 Å². The number of aryl methyl sites for hydroxylation is 1. The number of carbonyl (C=O) groups excluding carboxylic acids is 1. The fraction of sp³-hybridized carbons (Fsp3) is 0.188. The van der Waals surface area contributed by atoms with Crippen molar-refractivity contribution in [3.05, 3.63) is 58.6 Å². The normalized spacial score (nSPS) is 11.2. The largest absolute Gasteiger partial charge is 0.325 e. The third-order valence-corrected chi connectivity index (χ3v) is 5.29. The van der Waals surface area contributed by atoms with Gasteiger partial charge in [-0.3, -0.25) is 4.79 Å². The van der Waals surface area contributed by atoms with Crippen LogP contribution < -0.4 is 5.32 Å². The molecule has 0 fully saturated rings. The summed E-state index contributed by atoms with van der Waals surface area (Å²) in [7, 11) is -3.66. The second-order valence-corrected chi connectivity index (χ2v) is 7.43. The molecule has 2 aromatic carbocycles. The summed E-state index contributed by atoms with van der Waals surface area (Å²) < 4.78 is 24.4. The highest BCUT2D eigenvalue weighted by molar-refractivity contribution is 7.92. The van der Waals surface area contributed by atoms with Crippen molar-refractivity contribution in [2.24, 2.45) is 0 Å². The van der Waals surface area contributed by atoms with Gasteiger partial charge in [-0.05, 0) is 43.7 Å². The van der Waals surface area contributed by atoms with Gasteiger partial charge < -0.3 is 5.32 Å². The molecule has 0 unspecified atom stereocenters. The molecule has 0 radical (unpaired) electrons. The maximum Gasteiger partial charge on any atom is 0.239 e. The van der Waals surface area contributed by atoms with Crippen LogP contribution in [0.2, 0.25) is 5.02 Å². The number of hydrogen-bond donors (Lipinski definition) is 1. The Balaban J connectivity index is 2.14. The zero-order chi connectivity index (χ0) is 16.3. The van der Waals surface area contributed by atoms with E-state index in [0.717, 1.165) is 5.56 Å². The topological polar surface area (TPSA) is 63.2 Å². The summed E-state index contributed by atoms with van der Waals surface area (Å²) in [4.78, 5) is 12.1. The highest BCUT2D eigenvalue weighted by Gasteiger charge is 2.19. The van der Waals surface area contributed by atoms with Gasteiger partial charge in [-0.2, -0.15) is 0 Å². The number of halogens is 1. The molecule has 1 N–H and O–H groups in total. The third kappa shape index (κ3) is 3.87. The van der Waals surface area contributed by atoms with Gasteiger partial charge in [-0.25, -0.2) is 8.42 Å². The summed E-state index contributed by atoms with van der Waals surface area (Å²) in [6, 6.07) is 11.5. The number of amides is 1. The molecule has 0 aromatic heterocycles. The molecule has 0 heterocycles. The Bertz CT molecular complexity index is 799. The smallest absolute Gasteiger partial charge is 0.239 e. The zero-order valence-corrected chi connectivity index (χ0v) is 13.8. The first-order valence-corrected chi connectivity index (χ1v) is 8.67. The van der Waals surface area contributed by atoms with Crippen molar-refractivity contribution < 1.29 is 13.2 Å². The van der Waals surface area contributed by atoms with Crippen molar-refractivity contribution in [3.8, 4) is 0 Å². The standard InChI is InChI=1S/C16H16ClNO3S/c1-11-6-8-13(9-7-11)22(20,21)10-16(19)18-15-5-3-4-14(17)12(15)2/h3-9H,10H2,1-2H3,(H,18,19). The molecule has 0 aliphatic carbocycles. The van der Waals surface area contributed by atoms with Gasteiger partial charge >= 0.3 is 0 Å². The highest BCUT2D eigenvalue weighted by atomic mass is 35.5. The van der Waals surface area contributed by atoms with Crippen molar-refractivity contribution in [1.82, 2.24) is 0 Å². The Hall–Kier alpha value is -1.85. The van der Waals surface area contributed by atoms with E-state index in [1.165, 1.54) is 12.1 Å². The SMILES string of the molecule is Cc1ccc(S(=O)(=O)CC(=O)Nc2cccc(Cl)c2C)cc1. The van der Waals surface area contributed by atoms with Gasteiger partial charge in [0.25, 0.3) is 0 Å². The summed E-state index contributed by atoms with van der Waals surface area (Å²) in [5.41, 5.74) is 2.17. The van der Waals surface area contributed by atoms with Crippen LogP contribution in [-0.2, 0) is 14.6 Å². The Morgan fingerprint density at radius 2 is 1.73 bits per heavy atom. The number of carbonyl (C=O) groups is 1. The van der Waals surface area contributed by atoms with E-state index < -0.39 is 21.5 Å². The molecule has 0 saturated carbocycles. The van der Waals surface area contributed by atoms with E-state index in [0.29, 0.717) is 16.3 Å². The lowest BCUT2D eigenvalue weighted by Crippen LogP contribution is -2.23. The minimum Gasteiger partial charge on any atom is -0.325 e. The molecule has 0 bridgehead atoms. The minimum absolute atomic E-state index is 0.135. The van der Waals surface area contributed by atoms with E-state index >= 15 is 0 Å². The Morgan fingerprint density at radius 3 is 2.36 bits per heavy atom. The lowest BCUT2D eigenvalue weighted by Gasteiger charge is -2.10. The van der Waals surface area contributed by atoms with Gasteiger partial charge in [0.15, 0.2) is 9.84 Å². The van der Waals surface area contributed by atoms with E-state index in [4.69, 9.17) is 11.6 Å². The average Bonchev–Trinajstić information content (AvgIpc) is 2.44. The predicted octanol–water partition coefficient (Wildman–Crippen LogP) is 3.37. The molecular formula is C16H16ClNO3S. The van der Waals surface area contributed by atoms with Crippen LogP contribution in [0.4, 0.5) is 5.69 Å². The van der Waals surface area contributed by atoms with Gasteiger partial charge in [-0.1, -0.05) is 35.4 Å². The molecule has 1 amide bonds. The molecule has 6 heteroatoms. The number of hydrogen-bond acceptors (Lipinski definition) is 3. The van der Waals surface area contributed by atoms with Crippen LogP contribution in [0, 0.1) is 13.8 Å². The molecule has 0 aliphatic heterocycles. The first-order valence-electron chi connectivity index (χ1n) is 6.64. The Kier molecular flexibility index (Phi) is 4.88. The van der Waals surface area contributed by atoms with E-state index in [1.807, 2.05) is 6.92 Å². The summed E-state index contributed by atoms with van der Waals surface area (Å²) in [5, 5.41) is 3.10. The van der Waals surface area contributed by atoms with E-state index in [2.05, 4.69) is 5.32 Å². The van der Waals surface area contributed by atoms with Crippen molar-refractivity contribution in [2.75, 3.05) is 11.1 Å². The maximum absolute atomic E-state index is 12.2. The monoisotopic (exact) mass is 337 g/mol. The molecule has 0 atom stereocenters. The van der Waals surface area contributed by atoms with Crippen LogP contribution in [0.5, 0.6) is 0 Å². The lowest BCUT2D eigenvalue weighted by atomic mass is 10.2. The average molecular weight is 338 g/mol. The van der Waals surface area contributed by atoms with Crippen molar-refractivity contribution in [1.29, 1.82) is 0 Å². The third-order valence-electron chi connectivity index (χ3n) is 3.24. The molecule has 2 rings (SSSR count). The quantitative estimate of drug-likeness (QED) is 0.930. The summed E-state index contributed by atoms with van der Waals surface area (Å²) in [6.07, 6.45) is 0. The Labute approximate surface area is 135 Å². The zero-order valence-electron chi connectivity index (χ0n) is 12.3. The molecule has 2 aromatic rings. The first-order chi connectivity index (χ1) is 10.3. The van der Waals surface area contributed by atoms with Crippen molar-refractivity contribution >= 4 is 33.0 Å². The number of benzene rings is 2. The van der Waals surface area contributed by atoms with Crippen LogP contribution in [0.3, 0.4) is 0 Å². The van der Waals surface area contributed by atoms with Gasteiger partial charge in [0.05, 0.1) is 4.90 Å². The fourth-order valence-electron chi connectivity index (χ4n) is 1.93. The molecule has 4 nitrogen and oxygen atoms in total. The van der Waals surface area contributed by atoms with E-state index in [9.17, 15) is 13.2 Å². The van der Waals surface area contributed by atoms with Gasteiger partial charge in [0, 0.05) is 10.7 Å². The minimum atomic E-state index is -3.66. The second-order valence-electron chi connectivity index (χ2n) is 5.03. The molecule has 0 aliphatic rings. The molecule has 0 spiro atoms. The van der Waals surface area contributed by atoms with Crippen LogP contribution in [-0.4, -0.2) is 20.1 Å². The first kappa shape index (κ1) is 16.5. The molecule has 116 valence electrons. The summed E-state index contributed by atoms with van der Waals surface area (Å²) in [6.45, 7) is 3.62. The highest BCUT2D eigenvalue weighted by Crippen LogP contribution is 2.23. The van der Waals surface area contributed by atoms with Crippen molar-refractivity contribution in [3.63, 3.8) is 0 Å². The molecule has 22 heavy (non-hydrogen) atoms. The number of nitrogens with one attached hydrogen (secondary N) is 1. The fourth-order valence-corrected chi connectivity index (χ4v) is 3.24. The van der Waals surface area contributed by atoms with Crippen LogP contribution in [0.1, 0.15) is 11.1 Å². The number of anilines is 1. The summed E-state index contributed by atoms with van der Waals surface area (Å²) >= 11 is 5.97. The van der Waals surface area contributed by atoms with Crippen LogP contribution in [0.25, 0.3) is 0 Å². The lowest BCUT2D eigenvalue weighted by molar-refractivity contribution is -0.113. The van der Waals surface area contributed by atoms with Gasteiger partial charge in [0.1, 0.15) is 5.75 Å². The number of sulfone groups is 1. The van der Waals surface area contributed by atoms with E-state index in [1.54, 1.807) is 37.3 Å². The van der Waals surface area contributed by atoms with Gasteiger partial charge in [-0.15, -0.1) is 0 Å². The Morgan fingerprint density at radius 1 is 1.09 bits per heavy atom. The van der Waals surface area contributed by atoms with Crippen molar-refractivity contribution in [2.45, 2.75) is 18.7 Å². The predicted molar refractivity (Wildman–Crippen MR) is 88.1 cm³/mol. The molecule has 0 saturated heterocycles. The summed E-state index contributed by atoms with van der Waals surface area (Å²) in [5.74, 6) is -1.20. The van der Waals surface area contributed by atoms with E-state index in [-0.39, 0.29) is 4.90 Å². The second kappa shape index (κ2) is 6.50. The van der Waals surface area contributed by atoms with Gasteiger partial charge in [0.2, 0.25) is 5.91 Å². The van der Waals surface area contributed by atoms with Crippen LogP contribution in [0.15, 0.2) is 47.4 Å². The number of rotatable bonds is 4. The molecular weight excluding hydrogens is 322 g/mol. The maximum atomic E-state index is 12.2.